The Hall–Kier alpha value is -3.74. The molecule has 1 aliphatic rings. The molecular formula is C25H27NO6. The van der Waals surface area contributed by atoms with E-state index in [9.17, 15) is 14.7 Å². The highest BCUT2D eigenvalue weighted by molar-refractivity contribution is 6.46. The van der Waals surface area contributed by atoms with Gasteiger partial charge in [-0.3, -0.25) is 9.59 Å². The van der Waals surface area contributed by atoms with E-state index in [-0.39, 0.29) is 16.9 Å². The molecule has 0 spiro atoms. The van der Waals surface area contributed by atoms with E-state index in [4.69, 9.17) is 14.2 Å². The number of aliphatic hydroxyl groups excluding tert-OH is 1. The number of benzene rings is 2. The third-order valence-corrected chi connectivity index (χ3v) is 5.21. The first-order chi connectivity index (χ1) is 15.5. The average molecular weight is 437 g/mol. The molecule has 7 nitrogen and oxygen atoms in total. The zero-order valence-corrected chi connectivity index (χ0v) is 18.5. The maximum absolute atomic E-state index is 13.1. The second-order valence-corrected chi connectivity index (χ2v) is 7.23. The number of carbonyl (C=O) groups excluding carboxylic acids is 2. The number of methoxy groups -OCH3 is 2. The van der Waals surface area contributed by atoms with E-state index in [1.165, 1.54) is 19.1 Å². The van der Waals surface area contributed by atoms with Gasteiger partial charge in [0.2, 0.25) is 0 Å². The molecule has 1 fully saturated rings. The van der Waals surface area contributed by atoms with Crippen LogP contribution in [-0.2, 0) is 9.59 Å². The molecule has 0 radical (unpaired) electrons. The molecule has 1 N–H and O–H groups in total. The Morgan fingerprint density at radius 2 is 1.91 bits per heavy atom. The predicted octanol–water partition coefficient (Wildman–Crippen LogP) is 4.10. The highest BCUT2D eigenvalue weighted by Crippen LogP contribution is 2.42. The minimum absolute atomic E-state index is 0.00382. The van der Waals surface area contributed by atoms with E-state index >= 15 is 0 Å². The lowest BCUT2D eigenvalue weighted by Crippen LogP contribution is -2.30. The zero-order chi connectivity index (χ0) is 23.3. The van der Waals surface area contributed by atoms with Crippen molar-refractivity contribution in [1.29, 1.82) is 0 Å². The highest BCUT2D eigenvalue weighted by Gasteiger charge is 2.46. The van der Waals surface area contributed by atoms with Crippen LogP contribution in [-0.4, -0.2) is 49.1 Å². The number of nitrogens with zero attached hydrogens (tertiary/aromatic N) is 1. The molecule has 1 heterocycles. The molecule has 1 atom stereocenters. The van der Waals surface area contributed by atoms with Crippen LogP contribution in [0.5, 0.6) is 17.2 Å². The van der Waals surface area contributed by atoms with Gasteiger partial charge in [-0.15, -0.1) is 0 Å². The van der Waals surface area contributed by atoms with Gasteiger partial charge in [0.15, 0.2) is 0 Å². The molecule has 1 amide bonds. The van der Waals surface area contributed by atoms with Crippen molar-refractivity contribution in [2.75, 3.05) is 27.4 Å². The van der Waals surface area contributed by atoms with Gasteiger partial charge in [0, 0.05) is 6.54 Å². The van der Waals surface area contributed by atoms with Gasteiger partial charge >= 0.3 is 0 Å². The summed E-state index contributed by atoms with van der Waals surface area (Å²) in [6.45, 7) is 6.25. The minimum Gasteiger partial charge on any atom is -0.507 e. The molecule has 0 aliphatic carbocycles. The Morgan fingerprint density at radius 1 is 1.12 bits per heavy atom. The summed E-state index contributed by atoms with van der Waals surface area (Å²) in [7, 11) is 2.97. The number of hydrogen-bond acceptors (Lipinski definition) is 6. The third-order valence-electron chi connectivity index (χ3n) is 5.21. The summed E-state index contributed by atoms with van der Waals surface area (Å²) in [5.74, 6) is -0.317. The van der Waals surface area contributed by atoms with Gasteiger partial charge < -0.3 is 24.2 Å². The van der Waals surface area contributed by atoms with E-state index in [1.807, 2.05) is 6.92 Å². The van der Waals surface area contributed by atoms with Crippen molar-refractivity contribution < 1.29 is 28.9 Å². The molecule has 1 aliphatic heterocycles. The summed E-state index contributed by atoms with van der Waals surface area (Å²) < 4.78 is 16.3. The van der Waals surface area contributed by atoms with Crippen LogP contribution in [0.4, 0.5) is 0 Å². The first kappa shape index (κ1) is 22.9. The normalized spacial score (nSPS) is 17.3. The number of likely N-dealkylation sites (tertiary alicyclic amines) is 1. The number of hydrogen-bond donors (Lipinski definition) is 1. The molecule has 0 saturated carbocycles. The van der Waals surface area contributed by atoms with Crippen LogP contribution >= 0.6 is 0 Å². The summed E-state index contributed by atoms with van der Waals surface area (Å²) in [6, 6.07) is 11.3. The van der Waals surface area contributed by atoms with Gasteiger partial charge in [-0.2, -0.15) is 0 Å². The fraction of sp³-hybridized carbons (Fsp3) is 0.280. The Kier molecular flexibility index (Phi) is 7.20. The van der Waals surface area contributed by atoms with E-state index in [0.29, 0.717) is 42.4 Å². The van der Waals surface area contributed by atoms with Gasteiger partial charge in [-0.05, 0) is 42.3 Å². The highest BCUT2D eigenvalue weighted by atomic mass is 16.5. The number of Topliss-reactive ketones (excluding diaryl/α,β-unsaturated/α-hetero) is 1. The lowest BCUT2D eigenvalue weighted by Gasteiger charge is -2.25. The smallest absolute Gasteiger partial charge is 0.295 e. The van der Waals surface area contributed by atoms with Gasteiger partial charge in [0.1, 0.15) is 29.6 Å². The van der Waals surface area contributed by atoms with E-state index in [1.54, 1.807) is 48.5 Å². The summed E-state index contributed by atoms with van der Waals surface area (Å²) in [4.78, 5) is 27.4. The number of ether oxygens (including phenoxy) is 3. The van der Waals surface area contributed by atoms with Crippen LogP contribution in [0.2, 0.25) is 0 Å². The Labute approximate surface area is 187 Å². The van der Waals surface area contributed by atoms with Crippen LogP contribution in [0.15, 0.2) is 60.7 Å². The predicted molar refractivity (Wildman–Crippen MR) is 121 cm³/mol. The van der Waals surface area contributed by atoms with Crippen molar-refractivity contribution in [1.82, 2.24) is 4.90 Å². The van der Waals surface area contributed by atoms with Crippen LogP contribution in [0.3, 0.4) is 0 Å². The van der Waals surface area contributed by atoms with Gasteiger partial charge in [-0.1, -0.05) is 31.7 Å². The fourth-order valence-corrected chi connectivity index (χ4v) is 3.77. The molecule has 3 rings (SSSR count). The van der Waals surface area contributed by atoms with Crippen LogP contribution in [0.25, 0.3) is 5.76 Å². The molecule has 1 saturated heterocycles. The van der Waals surface area contributed by atoms with Crippen molar-refractivity contribution in [3.05, 3.63) is 71.8 Å². The largest absolute Gasteiger partial charge is 0.507 e. The first-order valence-corrected chi connectivity index (χ1v) is 10.3. The average Bonchev–Trinajstić information content (AvgIpc) is 3.07. The summed E-state index contributed by atoms with van der Waals surface area (Å²) in [5, 5.41) is 11.3. The van der Waals surface area contributed by atoms with Gasteiger partial charge in [-0.25, -0.2) is 0 Å². The Balaban J connectivity index is 2.21. The number of carbonyl (C=O) groups is 2. The second kappa shape index (κ2) is 10.0. The van der Waals surface area contributed by atoms with E-state index < -0.39 is 17.7 Å². The Bertz CT molecular complexity index is 1060. The van der Waals surface area contributed by atoms with Crippen LogP contribution in [0.1, 0.15) is 30.5 Å². The molecule has 0 bridgehead atoms. The number of amides is 1. The quantitative estimate of drug-likeness (QED) is 0.275. The summed E-state index contributed by atoms with van der Waals surface area (Å²) >= 11 is 0. The van der Waals surface area contributed by atoms with Crippen LogP contribution in [0, 0.1) is 0 Å². The topological polar surface area (TPSA) is 85.3 Å². The van der Waals surface area contributed by atoms with Crippen molar-refractivity contribution >= 4 is 17.4 Å². The molecular weight excluding hydrogens is 410 g/mol. The van der Waals surface area contributed by atoms with Gasteiger partial charge in [0.05, 0.1) is 31.4 Å². The standard InChI is InChI=1S/C25H27NO6/c1-5-12-26-22(16-8-7-9-18(14-16)32-13-6-2)21(24(28)25(26)29)23(27)19-15-17(30-3)10-11-20(19)31-4/h6-11,14-15,22,27H,2,5,12-13H2,1,3-4H3/b23-21+. The number of ketones is 1. The van der Waals surface area contributed by atoms with Crippen LogP contribution < -0.4 is 14.2 Å². The third kappa shape index (κ3) is 4.32. The number of aliphatic hydroxyl groups is 1. The number of rotatable bonds is 9. The van der Waals surface area contributed by atoms with Crippen molar-refractivity contribution in [2.24, 2.45) is 0 Å². The molecule has 7 heteroatoms. The maximum Gasteiger partial charge on any atom is 0.295 e. The van der Waals surface area contributed by atoms with Gasteiger partial charge in [0.25, 0.3) is 11.7 Å². The molecule has 32 heavy (non-hydrogen) atoms. The first-order valence-electron chi connectivity index (χ1n) is 10.3. The lowest BCUT2D eigenvalue weighted by molar-refractivity contribution is -0.139. The molecule has 0 aromatic heterocycles. The maximum atomic E-state index is 13.1. The van der Waals surface area contributed by atoms with E-state index in [2.05, 4.69) is 6.58 Å². The van der Waals surface area contributed by atoms with Crippen molar-refractivity contribution in [2.45, 2.75) is 19.4 Å². The van der Waals surface area contributed by atoms with Crippen molar-refractivity contribution in [3.8, 4) is 17.2 Å². The Morgan fingerprint density at radius 3 is 2.56 bits per heavy atom. The summed E-state index contributed by atoms with van der Waals surface area (Å²) in [5.41, 5.74) is 0.920. The molecule has 2 aromatic carbocycles. The minimum atomic E-state index is -0.766. The molecule has 1 unspecified atom stereocenters. The van der Waals surface area contributed by atoms with E-state index in [0.717, 1.165) is 0 Å². The summed E-state index contributed by atoms with van der Waals surface area (Å²) in [6.07, 6.45) is 2.28. The second-order valence-electron chi connectivity index (χ2n) is 7.23. The van der Waals surface area contributed by atoms with Crippen molar-refractivity contribution in [3.63, 3.8) is 0 Å². The lowest BCUT2D eigenvalue weighted by atomic mass is 9.94. The monoisotopic (exact) mass is 437 g/mol. The SMILES string of the molecule is C=CCOc1cccc(C2/C(=C(\O)c3cc(OC)ccc3OC)C(=O)C(=O)N2CCC)c1. The molecule has 168 valence electrons. The molecule has 2 aromatic rings. The zero-order valence-electron chi connectivity index (χ0n) is 18.5. The fourth-order valence-electron chi connectivity index (χ4n) is 3.77.